The summed E-state index contributed by atoms with van der Waals surface area (Å²) in [6.07, 6.45) is 1.79. The fourth-order valence-corrected chi connectivity index (χ4v) is 2.37. The number of aromatic nitrogens is 2. The highest BCUT2D eigenvalue weighted by Gasteiger charge is 2.17. The summed E-state index contributed by atoms with van der Waals surface area (Å²) >= 11 is 1.45. The molecule has 94 valence electrons. The first-order valence-electron chi connectivity index (χ1n) is 5.69. The highest BCUT2D eigenvalue weighted by Crippen LogP contribution is 2.26. The van der Waals surface area contributed by atoms with E-state index in [4.69, 9.17) is 4.74 Å². The van der Waals surface area contributed by atoms with Crippen LogP contribution in [0.25, 0.3) is 10.7 Å². The minimum Gasteiger partial charge on any atom is -0.461 e. The maximum absolute atomic E-state index is 11.7. The van der Waals surface area contributed by atoms with Gasteiger partial charge in [0.15, 0.2) is 5.69 Å². The number of ether oxygens (including phenoxy) is 1. The van der Waals surface area contributed by atoms with Gasteiger partial charge in [0.25, 0.3) is 0 Å². The molecule has 5 heteroatoms. The van der Waals surface area contributed by atoms with Crippen LogP contribution in [0.15, 0.2) is 18.3 Å². The van der Waals surface area contributed by atoms with Gasteiger partial charge in [-0.15, -0.1) is 11.3 Å². The summed E-state index contributed by atoms with van der Waals surface area (Å²) in [5.41, 5.74) is 2.26. The number of carbonyl (C=O) groups is 1. The van der Waals surface area contributed by atoms with E-state index in [9.17, 15) is 4.79 Å². The van der Waals surface area contributed by atoms with E-state index in [-0.39, 0.29) is 5.97 Å². The van der Waals surface area contributed by atoms with Crippen LogP contribution in [-0.4, -0.2) is 22.5 Å². The molecular formula is C13H14N2O2S. The van der Waals surface area contributed by atoms with Crippen molar-refractivity contribution in [3.8, 4) is 10.7 Å². The van der Waals surface area contributed by atoms with Crippen LogP contribution in [0.5, 0.6) is 0 Å². The second-order valence-corrected chi connectivity index (χ2v) is 5.07. The molecule has 0 aliphatic rings. The first-order valence-corrected chi connectivity index (χ1v) is 6.51. The van der Waals surface area contributed by atoms with Crippen LogP contribution in [0.1, 0.15) is 27.9 Å². The third-order valence-corrected chi connectivity index (χ3v) is 3.39. The van der Waals surface area contributed by atoms with Gasteiger partial charge in [-0.1, -0.05) is 6.07 Å². The highest BCUT2D eigenvalue weighted by molar-refractivity contribution is 7.15. The molecule has 0 N–H and O–H groups in total. The highest BCUT2D eigenvalue weighted by atomic mass is 32.1. The van der Waals surface area contributed by atoms with Crippen molar-refractivity contribution in [3.63, 3.8) is 0 Å². The van der Waals surface area contributed by atoms with E-state index in [2.05, 4.69) is 9.97 Å². The Morgan fingerprint density at radius 3 is 2.78 bits per heavy atom. The molecule has 0 radical (unpaired) electrons. The molecule has 0 bridgehead atoms. The third kappa shape index (κ3) is 2.56. The Morgan fingerprint density at radius 2 is 2.17 bits per heavy atom. The molecule has 0 aromatic carbocycles. The molecule has 0 saturated heterocycles. The van der Waals surface area contributed by atoms with Gasteiger partial charge in [-0.3, -0.25) is 4.98 Å². The lowest BCUT2D eigenvalue weighted by Gasteiger charge is -1.98. The lowest BCUT2D eigenvalue weighted by molar-refractivity contribution is 0.0519. The van der Waals surface area contributed by atoms with Gasteiger partial charge in [-0.25, -0.2) is 9.78 Å². The minimum atomic E-state index is -0.371. The zero-order chi connectivity index (χ0) is 13.1. The monoisotopic (exact) mass is 262 g/mol. The standard InChI is InChI=1S/C13H14N2O2S/c1-4-17-13(16)11-9(3)18-12(15-11)10-6-5-8(2)7-14-10/h5-7H,4H2,1-3H3. The average Bonchev–Trinajstić information content (AvgIpc) is 2.72. The largest absolute Gasteiger partial charge is 0.461 e. The van der Waals surface area contributed by atoms with Crippen LogP contribution in [0, 0.1) is 13.8 Å². The first-order chi connectivity index (χ1) is 8.61. The number of hydrogen-bond donors (Lipinski definition) is 0. The van der Waals surface area contributed by atoms with Gasteiger partial charge >= 0.3 is 5.97 Å². The van der Waals surface area contributed by atoms with Gasteiger partial charge in [-0.05, 0) is 32.4 Å². The third-order valence-electron chi connectivity index (χ3n) is 2.40. The van der Waals surface area contributed by atoms with Crippen molar-refractivity contribution < 1.29 is 9.53 Å². The molecule has 2 aromatic rings. The molecule has 2 aromatic heterocycles. The van der Waals surface area contributed by atoms with Crippen molar-refractivity contribution in [3.05, 3.63) is 34.5 Å². The Hall–Kier alpha value is -1.75. The van der Waals surface area contributed by atoms with Crippen molar-refractivity contribution in [1.29, 1.82) is 0 Å². The zero-order valence-electron chi connectivity index (χ0n) is 10.6. The molecule has 4 nitrogen and oxygen atoms in total. The lowest BCUT2D eigenvalue weighted by atomic mass is 10.3. The Morgan fingerprint density at radius 1 is 1.39 bits per heavy atom. The normalized spacial score (nSPS) is 10.4. The number of nitrogens with zero attached hydrogens (tertiary/aromatic N) is 2. The molecule has 0 unspecified atom stereocenters. The fraction of sp³-hybridized carbons (Fsp3) is 0.308. The van der Waals surface area contributed by atoms with Gasteiger partial charge in [0.05, 0.1) is 12.3 Å². The quantitative estimate of drug-likeness (QED) is 0.798. The Balaban J connectivity index is 2.34. The number of esters is 1. The average molecular weight is 262 g/mol. The Kier molecular flexibility index (Phi) is 3.72. The van der Waals surface area contributed by atoms with Gasteiger partial charge in [0.1, 0.15) is 5.01 Å². The maximum atomic E-state index is 11.7. The van der Waals surface area contributed by atoms with Crippen molar-refractivity contribution in [2.45, 2.75) is 20.8 Å². The van der Waals surface area contributed by atoms with E-state index in [0.717, 1.165) is 21.1 Å². The molecule has 0 aliphatic heterocycles. The van der Waals surface area contributed by atoms with Gasteiger partial charge in [-0.2, -0.15) is 0 Å². The number of rotatable bonds is 3. The van der Waals surface area contributed by atoms with Crippen LogP contribution in [0.4, 0.5) is 0 Å². The number of hydrogen-bond acceptors (Lipinski definition) is 5. The Bertz CT molecular complexity index is 561. The van der Waals surface area contributed by atoms with Crippen molar-refractivity contribution in [2.24, 2.45) is 0 Å². The van der Waals surface area contributed by atoms with E-state index in [0.29, 0.717) is 12.3 Å². The van der Waals surface area contributed by atoms with Crippen LogP contribution < -0.4 is 0 Å². The second kappa shape index (κ2) is 5.27. The van der Waals surface area contributed by atoms with Crippen molar-refractivity contribution in [2.75, 3.05) is 6.61 Å². The van der Waals surface area contributed by atoms with Gasteiger partial charge in [0.2, 0.25) is 0 Å². The van der Waals surface area contributed by atoms with Crippen molar-refractivity contribution in [1.82, 2.24) is 9.97 Å². The minimum absolute atomic E-state index is 0.355. The van der Waals surface area contributed by atoms with Crippen LogP contribution in [-0.2, 0) is 4.74 Å². The van der Waals surface area contributed by atoms with E-state index in [1.165, 1.54) is 11.3 Å². The lowest BCUT2D eigenvalue weighted by Crippen LogP contribution is -2.06. The first kappa shape index (κ1) is 12.7. The molecular weight excluding hydrogens is 248 g/mol. The van der Waals surface area contributed by atoms with Crippen LogP contribution in [0.3, 0.4) is 0 Å². The predicted molar refractivity (Wildman–Crippen MR) is 70.8 cm³/mol. The topological polar surface area (TPSA) is 52.1 Å². The second-order valence-electron chi connectivity index (χ2n) is 3.87. The fourth-order valence-electron chi connectivity index (χ4n) is 1.49. The molecule has 0 atom stereocenters. The summed E-state index contributed by atoms with van der Waals surface area (Å²) in [7, 11) is 0. The van der Waals surface area contributed by atoms with E-state index in [1.807, 2.05) is 26.0 Å². The summed E-state index contributed by atoms with van der Waals surface area (Å²) in [5, 5.41) is 0.746. The number of carbonyl (C=O) groups excluding carboxylic acids is 1. The van der Waals surface area contributed by atoms with E-state index in [1.54, 1.807) is 13.1 Å². The molecule has 2 rings (SSSR count). The van der Waals surface area contributed by atoms with Crippen LogP contribution >= 0.6 is 11.3 Å². The summed E-state index contributed by atoms with van der Waals surface area (Å²) in [6, 6.07) is 3.88. The summed E-state index contributed by atoms with van der Waals surface area (Å²) < 4.78 is 4.96. The molecule has 18 heavy (non-hydrogen) atoms. The molecule has 0 amide bonds. The molecule has 0 saturated carbocycles. The summed E-state index contributed by atoms with van der Waals surface area (Å²) in [6.45, 7) is 5.98. The zero-order valence-corrected chi connectivity index (χ0v) is 11.4. The number of aryl methyl sites for hydroxylation is 2. The number of thiazole rings is 1. The molecule has 2 heterocycles. The molecule has 0 aliphatic carbocycles. The smallest absolute Gasteiger partial charge is 0.358 e. The Labute approximate surface area is 110 Å². The molecule has 0 fully saturated rings. The maximum Gasteiger partial charge on any atom is 0.358 e. The summed E-state index contributed by atoms with van der Waals surface area (Å²) in [4.78, 5) is 21.1. The van der Waals surface area contributed by atoms with Crippen LogP contribution in [0.2, 0.25) is 0 Å². The SMILES string of the molecule is CCOC(=O)c1nc(-c2ccc(C)cn2)sc1C. The van der Waals surface area contributed by atoms with Gasteiger partial charge in [0, 0.05) is 11.1 Å². The van der Waals surface area contributed by atoms with Gasteiger partial charge < -0.3 is 4.74 Å². The van der Waals surface area contributed by atoms with E-state index < -0.39 is 0 Å². The molecule has 0 spiro atoms. The summed E-state index contributed by atoms with van der Waals surface area (Å²) in [5.74, 6) is -0.371. The van der Waals surface area contributed by atoms with E-state index >= 15 is 0 Å². The van der Waals surface area contributed by atoms with Crippen molar-refractivity contribution >= 4 is 17.3 Å². The number of pyridine rings is 1. The predicted octanol–water partition coefficient (Wildman–Crippen LogP) is 3.00.